The van der Waals surface area contributed by atoms with E-state index in [0.29, 0.717) is 5.82 Å². The molecule has 1 aliphatic rings. The molecule has 1 aromatic heterocycles. The smallest absolute Gasteiger partial charge is 0.407 e. The van der Waals surface area contributed by atoms with Crippen molar-refractivity contribution in [1.82, 2.24) is 15.3 Å². The molecule has 0 aliphatic heterocycles. The molecule has 2 aromatic carbocycles. The van der Waals surface area contributed by atoms with Gasteiger partial charge in [0.1, 0.15) is 18.5 Å². The Balaban J connectivity index is 1.47. The molecule has 3 aromatic rings. The third kappa shape index (κ3) is 3.46. The topological polar surface area (TPSA) is 104 Å². The van der Waals surface area contributed by atoms with Gasteiger partial charge in [0.05, 0.1) is 6.42 Å². The van der Waals surface area contributed by atoms with Gasteiger partial charge in [-0.1, -0.05) is 48.5 Å². The number of alkyl carbamates (subject to hydrolysis) is 1. The van der Waals surface area contributed by atoms with Gasteiger partial charge < -0.3 is 20.1 Å². The number of aliphatic carboxylic acids is 1. The Bertz CT molecular complexity index is 955. The molecule has 0 unspecified atom stereocenters. The molecule has 7 nitrogen and oxygen atoms in total. The molecule has 0 saturated carbocycles. The van der Waals surface area contributed by atoms with Gasteiger partial charge in [-0.15, -0.1) is 0 Å². The number of imidazole rings is 1. The van der Waals surface area contributed by atoms with Crippen molar-refractivity contribution in [2.24, 2.45) is 0 Å². The number of H-pyrrole nitrogens is 1. The second kappa shape index (κ2) is 7.56. The van der Waals surface area contributed by atoms with Crippen molar-refractivity contribution in [3.63, 3.8) is 0 Å². The Kier molecular flexibility index (Phi) is 4.80. The highest BCUT2D eigenvalue weighted by Gasteiger charge is 2.29. The van der Waals surface area contributed by atoms with Crippen molar-refractivity contribution in [2.45, 2.75) is 18.4 Å². The zero-order valence-corrected chi connectivity index (χ0v) is 15.0. The zero-order chi connectivity index (χ0) is 19.5. The molecule has 28 heavy (non-hydrogen) atoms. The molecule has 142 valence electrons. The van der Waals surface area contributed by atoms with E-state index in [4.69, 9.17) is 9.84 Å². The number of aromatic nitrogens is 2. The van der Waals surface area contributed by atoms with Crippen molar-refractivity contribution in [1.29, 1.82) is 0 Å². The first kappa shape index (κ1) is 17.8. The summed E-state index contributed by atoms with van der Waals surface area (Å²) in [4.78, 5) is 30.3. The Labute approximate surface area is 161 Å². The van der Waals surface area contributed by atoms with Gasteiger partial charge in [-0.3, -0.25) is 4.79 Å². The van der Waals surface area contributed by atoms with Gasteiger partial charge in [-0.2, -0.15) is 0 Å². The number of carbonyl (C=O) groups excluding carboxylic acids is 1. The van der Waals surface area contributed by atoms with Crippen LogP contribution < -0.4 is 5.32 Å². The lowest BCUT2D eigenvalue weighted by atomic mass is 9.98. The number of rotatable bonds is 6. The van der Waals surface area contributed by atoms with Crippen molar-refractivity contribution < 1.29 is 19.4 Å². The molecule has 0 radical (unpaired) electrons. The van der Waals surface area contributed by atoms with Gasteiger partial charge >= 0.3 is 12.1 Å². The average Bonchev–Trinajstić information content (AvgIpc) is 3.32. The molecule has 1 heterocycles. The fraction of sp³-hybridized carbons (Fsp3) is 0.190. The molecule has 0 saturated heterocycles. The van der Waals surface area contributed by atoms with Crippen LogP contribution in [0.5, 0.6) is 0 Å². The number of carbonyl (C=O) groups is 2. The van der Waals surface area contributed by atoms with Gasteiger partial charge in [0.15, 0.2) is 0 Å². The molecule has 0 spiro atoms. The van der Waals surface area contributed by atoms with Crippen LogP contribution in [0.15, 0.2) is 60.9 Å². The number of aromatic amines is 1. The van der Waals surface area contributed by atoms with Crippen molar-refractivity contribution in [2.75, 3.05) is 6.61 Å². The zero-order valence-electron chi connectivity index (χ0n) is 15.0. The molecule has 0 fully saturated rings. The average molecular weight is 377 g/mol. The second-order valence-electron chi connectivity index (χ2n) is 6.59. The molecule has 1 atom stereocenters. The van der Waals surface area contributed by atoms with E-state index in [0.717, 1.165) is 22.3 Å². The maximum absolute atomic E-state index is 12.3. The van der Waals surface area contributed by atoms with E-state index in [1.54, 1.807) is 6.20 Å². The normalized spacial score (nSPS) is 13.4. The van der Waals surface area contributed by atoms with E-state index in [2.05, 4.69) is 27.4 Å². The molecule has 3 N–H and O–H groups in total. The monoisotopic (exact) mass is 377 g/mol. The highest BCUT2D eigenvalue weighted by molar-refractivity contribution is 5.79. The summed E-state index contributed by atoms with van der Waals surface area (Å²) in [6, 6.07) is 15.3. The van der Waals surface area contributed by atoms with Crippen LogP contribution in [0, 0.1) is 0 Å². The maximum Gasteiger partial charge on any atom is 0.407 e. The van der Waals surface area contributed by atoms with Gasteiger partial charge in [-0.05, 0) is 22.3 Å². The molecule has 0 bridgehead atoms. The number of hydrogen-bond donors (Lipinski definition) is 3. The molecule has 7 heteroatoms. The first-order chi connectivity index (χ1) is 13.6. The van der Waals surface area contributed by atoms with Crippen LogP contribution in [-0.2, 0) is 9.53 Å². The van der Waals surface area contributed by atoms with Gasteiger partial charge in [0.2, 0.25) is 0 Å². The fourth-order valence-corrected chi connectivity index (χ4v) is 3.64. The van der Waals surface area contributed by atoms with Crippen LogP contribution in [0.1, 0.15) is 35.3 Å². The summed E-state index contributed by atoms with van der Waals surface area (Å²) >= 11 is 0. The number of nitrogens with zero attached hydrogens (tertiary/aromatic N) is 1. The van der Waals surface area contributed by atoms with Crippen LogP contribution in [0.4, 0.5) is 4.79 Å². The largest absolute Gasteiger partial charge is 0.481 e. The predicted molar refractivity (Wildman–Crippen MR) is 102 cm³/mol. The van der Waals surface area contributed by atoms with E-state index in [9.17, 15) is 9.59 Å². The van der Waals surface area contributed by atoms with E-state index < -0.39 is 18.1 Å². The number of ether oxygens (including phenoxy) is 1. The van der Waals surface area contributed by atoms with Crippen molar-refractivity contribution in [3.8, 4) is 11.1 Å². The molecule has 1 aliphatic carbocycles. The fourth-order valence-electron chi connectivity index (χ4n) is 3.64. The van der Waals surface area contributed by atoms with Gasteiger partial charge in [0.25, 0.3) is 0 Å². The first-order valence-electron chi connectivity index (χ1n) is 8.96. The minimum Gasteiger partial charge on any atom is -0.481 e. The predicted octanol–water partition coefficient (Wildman–Crippen LogP) is 3.46. The summed E-state index contributed by atoms with van der Waals surface area (Å²) in [5.41, 5.74) is 4.52. The van der Waals surface area contributed by atoms with Crippen LogP contribution >= 0.6 is 0 Å². The number of nitrogens with one attached hydrogen (secondary N) is 2. The maximum atomic E-state index is 12.3. The Hall–Kier alpha value is -3.61. The number of fused-ring (bicyclic) bond motifs is 3. The number of amides is 1. The van der Waals surface area contributed by atoms with Crippen LogP contribution in [-0.4, -0.2) is 33.7 Å². The summed E-state index contributed by atoms with van der Waals surface area (Å²) < 4.78 is 5.47. The summed E-state index contributed by atoms with van der Waals surface area (Å²) in [5.74, 6) is -0.726. The Morgan fingerprint density at radius 2 is 1.75 bits per heavy atom. The number of carboxylic acids is 1. The molecule has 1 amide bonds. The molecule has 4 rings (SSSR count). The third-order valence-corrected chi connectivity index (χ3v) is 4.86. The quantitative estimate of drug-likeness (QED) is 0.610. The van der Waals surface area contributed by atoms with E-state index in [1.165, 1.54) is 6.20 Å². The van der Waals surface area contributed by atoms with E-state index in [1.807, 2.05) is 36.4 Å². The summed E-state index contributed by atoms with van der Waals surface area (Å²) in [6.45, 7) is 0.164. The summed E-state index contributed by atoms with van der Waals surface area (Å²) in [7, 11) is 0. The lowest BCUT2D eigenvalue weighted by Crippen LogP contribution is -2.32. The SMILES string of the molecule is O=C(O)C[C@H](NC(=O)OCC1c2ccccc2-c2ccccc21)c1ncc[nH]1. The third-order valence-electron chi connectivity index (χ3n) is 4.86. The lowest BCUT2D eigenvalue weighted by molar-refractivity contribution is -0.137. The Morgan fingerprint density at radius 1 is 1.11 bits per heavy atom. The van der Waals surface area contributed by atoms with Crippen LogP contribution in [0.3, 0.4) is 0 Å². The van der Waals surface area contributed by atoms with Gasteiger partial charge in [-0.25, -0.2) is 9.78 Å². The highest BCUT2D eigenvalue weighted by atomic mass is 16.5. The van der Waals surface area contributed by atoms with Crippen molar-refractivity contribution in [3.05, 3.63) is 77.9 Å². The van der Waals surface area contributed by atoms with Crippen LogP contribution in [0.2, 0.25) is 0 Å². The molecular formula is C21H19N3O4. The second-order valence-corrected chi connectivity index (χ2v) is 6.59. The van der Waals surface area contributed by atoms with E-state index >= 15 is 0 Å². The standard InChI is InChI=1S/C21H19N3O4/c25-19(26)11-18(20-22-9-10-23-20)24-21(27)28-12-17-15-7-3-1-5-13(15)14-6-2-4-8-16(14)17/h1-10,17-18H,11-12H2,(H,22,23)(H,24,27)(H,25,26)/t18-/m0/s1. The molecular weight excluding hydrogens is 358 g/mol. The van der Waals surface area contributed by atoms with Crippen LogP contribution in [0.25, 0.3) is 11.1 Å². The minimum atomic E-state index is -1.04. The number of hydrogen-bond acceptors (Lipinski definition) is 4. The lowest BCUT2D eigenvalue weighted by Gasteiger charge is -2.17. The number of benzene rings is 2. The first-order valence-corrected chi connectivity index (χ1v) is 8.96. The highest BCUT2D eigenvalue weighted by Crippen LogP contribution is 2.44. The Morgan fingerprint density at radius 3 is 2.32 bits per heavy atom. The van der Waals surface area contributed by atoms with E-state index in [-0.39, 0.29) is 18.9 Å². The minimum absolute atomic E-state index is 0.0558. The summed E-state index contributed by atoms with van der Waals surface area (Å²) in [6.07, 6.45) is 2.11. The number of carboxylic acid groups (broad SMARTS) is 1. The van der Waals surface area contributed by atoms with Crippen molar-refractivity contribution >= 4 is 12.1 Å². The summed E-state index contributed by atoms with van der Waals surface area (Å²) in [5, 5.41) is 11.7. The van der Waals surface area contributed by atoms with Gasteiger partial charge in [0, 0.05) is 18.3 Å².